The van der Waals surface area contributed by atoms with Gasteiger partial charge in [0.1, 0.15) is 16.7 Å². The van der Waals surface area contributed by atoms with Crippen molar-refractivity contribution in [1.82, 2.24) is 10.2 Å². The number of halogens is 1. The lowest BCUT2D eigenvalue weighted by molar-refractivity contribution is 0.650. The quantitative estimate of drug-likeness (QED) is 0.767. The van der Waals surface area contributed by atoms with Crippen LogP contribution in [0.1, 0.15) is 33.4 Å². The zero-order valence-electron chi connectivity index (χ0n) is 9.69. The molecule has 4 nitrogen and oxygen atoms in total. The smallest absolute Gasteiger partial charge is 0.151 e. The fraction of sp³-hybridized carbons (Fsp3) is 0.500. The van der Waals surface area contributed by atoms with Crippen molar-refractivity contribution in [2.75, 3.05) is 0 Å². The summed E-state index contributed by atoms with van der Waals surface area (Å²) in [5.74, 6) is 0. The molecular formula is C10H14ClN3OS. The molecule has 0 bridgehead atoms. The highest BCUT2D eigenvalue weighted by molar-refractivity contribution is 7.85. The standard InChI is InChI=1S/C10H14ClN3OS/c1-7(14-16(15)10(2,3)4)8-5-6-9(11)13-12-8/h5-6H,1-4H3/b14-7-. The molecule has 1 aromatic heterocycles. The minimum absolute atomic E-state index is 0.327. The maximum Gasteiger partial charge on any atom is 0.151 e. The molecule has 16 heavy (non-hydrogen) atoms. The van der Waals surface area contributed by atoms with Crippen molar-refractivity contribution in [3.05, 3.63) is 23.0 Å². The zero-order valence-corrected chi connectivity index (χ0v) is 11.3. The molecule has 1 aromatic rings. The number of rotatable bonds is 2. The average molecular weight is 260 g/mol. The number of aromatic nitrogens is 2. The van der Waals surface area contributed by atoms with Gasteiger partial charge in [-0.05, 0) is 39.8 Å². The third kappa shape index (κ3) is 3.64. The van der Waals surface area contributed by atoms with Gasteiger partial charge in [0.2, 0.25) is 0 Å². The molecule has 0 aromatic carbocycles. The molecule has 0 aliphatic rings. The monoisotopic (exact) mass is 259 g/mol. The predicted molar refractivity (Wildman–Crippen MR) is 67.1 cm³/mol. The Morgan fingerprint density at radius 3 is 2.44 bits per heavy atom. The molecule has 0 aliphatic carbocycles. The molecule has 0 N–H and O–H groups in total. The van der Waals surface area contributed by atoms with Crippen molar-refractivity contribution in [3.63, 3.8) is 0 Å². The molecule has 0 aliphatic heterocycles. The van der Waals surface area contributed by atoms with Gasteiger partial charge >= 0.3 is 0 Å². The van der Waals surface area contributed by atoms with Crippen molar-refractivity contribution >= 4 is 28.3 Å². The second-order valence-electron chi connectivity index (χ2n) is 4.28. The number of hydrogen-bond acceptors (Lipinski definition) is 3. The summed E-state index contributed by atoms with van der Waals surface area (Å²) in [6, 6.07) is 3.33. The van der Waals surface area contributed by atoms with E-state index >= 15 is 0 Å². The van der Waals surface area contributed by atoms with E-state index < -0.39 is 11.0 Å². The summed E-state index contributed by atoms with van der Waals surface area (Å²) >= 11 is 5.62. The topological polar surface area (TPSA) is 55.2 Å². The lowest BCUT2D eigenvalue weighted by atomic mass is 10.3. The van der Waals surface area contributed by atoms with E-state index in [9.17, 15) is 4.21 Å². The van der Waals surface area contributed by atoms with Gasteiger partial charge in [-0.25, -0.2) is 4.21 Å². The van der Waals surface area contributed by atoms with E-state index in [-0.39, 0.29) is 4.75 Å². The molecule has 1 unspecified atom stereocenters. The largest absolute Gasteiger partial charge is 0.234 e. The van der Waals surface area contributed by atoms with Gasteiger partial charge in [0.15, 0.2) is 5.15 Å². The van der Waals surface area contributed by atoms with Gasteiger partial charge < -0.3 is 0 Å². The summed E-state index contributed by atoms with van der Waals surface area (Å²) in [5, 5.41) is 7.90. The van der Waals surface area contributed by atoms with Crippen LogP contribution >= 0.6 is 11.6 Å². The maximum atomic E-state index is 11.8. The summed E-state index contributed by atoms with van der Waals surface area (Å²) in [5.41, 5.74) is 1.18. The lowest BCUT2D eigenvalue weighted by Crippen LogP contribution is -2.20. The average Bonchev–Trinajstić information content (AvgIpc) is 2.17. The SMILES string of the molecule is C/C(=N/S(=O)C(C)(C)C)c1ccc(Cl)nn1. The van der Waals surface area contributed by atoms with E-state index in [0.717, 1.165) is 0 Å². The third-order valence-corrected chi connectivity index (χ3v) is 3.44. The molecular weight excluding hydrogens is 246 g/mol. The summed E-state index contributed by atoms with van der Waals surface area (Å²) in [6.45, 7) is 7.36. The normalized spacial score (nSPS) is 14.9. The lowest BCUT2D eigenvalue weighted by Gasteiger charge is -2.13. The first kappa shape index (κ1) is 13.3. The Bertz CT molecular complexity index is 423. The fourth-order valence-corrected chi connectivity index (χ4v) is 1.53. The van der Waals surface area contributed by atoms with E-state index in [4.69, 9.17) is 11.6 Å². The molecule has 0 saturated heterocycles. The Morgan fingerprint density at radius 1 is 1.38 bits per heavy atom. The van der Waals surface area contributed by atoms with Crippen LogP contribution in [0.15, 0.2) is 16.5 Å². The summed E-state index contributed by atoms with van der Waals surface area (Å²) in [7, 11) is -1.29. The van der Waals surface area contributed by atoms with Crippen molar-refractivity contribution in [2.45, 2.75) is 32.4 Å². The first-order valence-electron chi connectivity index (χ1n) is 4.77. The first-order chi connectivity index (χ1) is 7.30. The highest BCUT2D eigenvalue weighted by atomic mass is 35.5. The van der Waals surface area contributed by atoms with Crippen molar-refractivity contribution in [1.29, 1.82) is 0 Å². The third-order valence-electron chi connectivity index (χ3n) is 1.75. The van der Waals surface area contributed by atoms with E-state index in [1.54, 1.807) is 19.1 Å². The molecule has 0 amide bonds. The molecule has 0 fully saturated rings. The molecule has 1 heterocycles. The Hall–Kier alpha value is -0.810. The van der Waals surface area contributed by atoms with Crippen LogP contribution in [0.25, 0.3) is 0 Å². The minimum Gasteiger partial charge on any atom is -0.234 e. The van der Waals surface area contributed by atoms with E-state index in [2.05, 4.69) is 14.6 Å². The van der Waals surface area contributed by atoms with Crippen LogP contribution in [0.2, 0.25) is 5.15 Å². The predicted octanol–water partition coefficient (Wildman–Crippen LogP) is 2.40. The molecule has 1 rings (SSSR count). The van der Waals surface area contributed by atoms with Crippen LogP contribution in [0.5, 0.6) is 0 Å². The van der Waals surface area contributed by atoms with Gasteiger partial charge in [-0.3, -0.25) is 0 Å². The van der Waals surface area contributed by atoms with Crippen LogP contribution < -0.4 is 0 Å². The van der Waals surface area contributed by atoms with Gasteiger partial charge in [0.05, 0.1) is 10.5 Å². The van der Waals surface area contributed by atoms with E-state index in [0.29, 0.717) is 16.6 Å². The first-order valence-corrected chi connectivity index (χ1v) is 6.26. The van der Waals surface area contributed by atoms with Crippen LogP contribution in [0.3, 0.4) is 0 Å². The molecule has 6 heteroatoms. The van der Waals surface area contributed by atoms with E-state index in [1.807, 2.05) is 20.8 Å². The Kier molecular flexibility index (Phi) is 4.15. The summed E-state index contributed by atoms with van der Waals surface area (Å²) < 4.78 is 15.5. The zero-order chi connectivity index (χ0) is 12.3. The maximum absolute atomic E-state index is 11.8. The Morgan fingerprint density at radius 2 is 2.00 bits per heavy atom. The summed E-state index contributed by atoms with van der Waals surface area (Å²) in [4.78, 5) is 0. The van der Waals surface area contributed by atoms with Crippen molar-refractivity contribution in [3.8, 4) is 0 Å². The summed E-state index contributed by atoms with van der Waals surface area (Å²) in [6.07, 6.45) is 0. The number of hydrogen-bond donors (Lipinski definition) is 0. The van der Waals surface area contributed by atoms with Crippen LogP contribution in [-0.4, -0.2) is 24.9 Å². The molecule has 0 saturated carbocycles. The van der Waals surface area contributed by atoms with Crippen molar-refractivity contribution in [2.24, 2.45) is 4.40 Å². The van der Waals surface area contributed by atoms with Gasteiger partial charge in [-0.1, -0.05) is 11.6 Å². The highest BCUT2D eigenvalue weighted by Gasteiger charge is 2.19. The van der Waals surface area contributed by atoms with Gasteiger partial charge in [0, 0.05) is 0 Å². The van der Waals surface area contributed by atoms with Crippen LogP contribution in [-0.2, 0) is 11.0 Å². The second kappa shape index (κ2) is 5.01. The molecule has 0 radical (unpaired) electrons. The Balaban J connectivity index is 2.94. The van der Waals surface area contributed by atoms with Crippen molar-refractivity contribution < 1.29 is 4.21 Å². The van der Waals surface area contributed by atoms with E-state index in [1.165, 1.54) is 0 Å². The van der Waals surface area contributed by atoms with Crippen LogP contribution in [0.4, 0.5) is 0 Å². The minimum atomic E-state index is -1.29. The number of nitrogens with zero attached hydrogens (tertiary/aromatic N) is 3. The van der Waals surface area contributed by atoms with Crippen LogP contribution in [0, 0.1) is 0 Å². The second-order valence-corrected chi connectivity index (χ2v) is 6.57. The van der Waals surface area contributed by atoms with Gasteiger partial charge in [0.25, 0.3) is 0 Å². The highest BCUT2D eigenvalue weighted by Crippen LogP contribution is 2.13. The molecule has 1 atom stereocenters. The fourth-order valence-electron chi connectivity index (χ4n) is 0.817. The molecule has 0 spiro atoms. The van der Waals surface area contributed by atoms with Gasteiger partial charge in [-0.2, -0.15) is 4.40 Å². The molecule has 88 valence electrons. The Labute approximate surface area is 103 Å². The van der Waals surface area contributed by atoms with Gasteiger partial charge in [-0.15, -0.1) is 10.2 Å².